The number of para-hydroxylation sites is 1. The van der Waals surface area contributed by atoms with E-state index in [-0.39, 0.29) is 0 Å². The SMILES string of the molecule is c1cncc(CNc2nc(N3CCCCCC3)c3ccccc3n2)c1. The van der Waals surface area contributed by atoms with Crippen molar-refractivity contribution < 1.29 is 0 Å². The number of hydrogen-bond acceptors (Lipinski definition) is 5. The molecule has 5 heteroatoms. The van der Waals surface area contributed by atoms with Crippen LogP contribution < -0.4 is 10.2 Å². The number of rotatable bonds is 4. The van der Waals surface area contributed by atoms with E-state index in [1.165, 1.54) is 25.7 Å². The second-order valence-electron chi connectivity index (χ2n) is 6.50. The molecule has 3 aromatic rings. The normalized spacial score (nSPS) is 15.1. The lowest BCUT2D eigenvalue weighted by molar-refractivity contribution is 0.726. The highest BCUT2D eigenvalue weighted by atomic mass is 15.2. The van der Waals surface area contributed by atoms with Gasteiger partial charge in [-0.1, -0.05) is 31.0 Å². The monoisotopic (exact) mass is 333 g/mol. The second-order valence-corrected chi connectivity index (χ2v) is 6.50. The minimum absolute atomic E-state index is 0.672. The second kappa shape index (κ2) is 7.47. The Morgan fingerprint density at radius 2 is 1.76 bits per heavy atom. The van der Waals surface area contributed by atoms with Gasteiger partial charge >= 0.3 is 0 Å². The predicted octanol–water partition coefficient (Wildman–Crippen LogP) is 4.02. The first kappa shape index (κ1) is 15.8. The lowest BCUT2D eigenvalue weighted by Crippen LogP contribution is -2.25. The maximum atomic E-state index is 4.86. The molecule has 2 aromatic heterocycles. The molecular formula is C20H23N5. The standard InChI is InChI=1S/C20H23N5/c1-2-6-13-25(12-5-1)19-17-9-3-4-10-18(17)23-20(24-19)22-15-16-8-7-11-21-14-16/h3-4,7-11,14H,1-2,5-6,12-13,15H2,(H,22,23,24). The number of fused-ring (bicyclic) bond motifs is 1. The Bertz CT molecular complexity index is 826. The number of nitrogens with zero attached hydrogens (tertiary/aromatic N) is 4. The van der Waals surface area contributed by atoms with E-state index in [1.54, 1.807) is 6.20 Å². The third-order valence-electron chi connectivity index (χ3n) is 4.66. The fourth-order valence-electron chi connectivity index (χ4n) is 3.35. The first-order valence-corrected chi connectivity index (χ1v) is 9.05. The lowest BCUT2D eigenvalue weighted by atomic mass is 10.2. The van der Waals surface area contributed by atoms with Crippen LogP contribution >= 0.6 is 0 Å². The van der Waals surface area contributed by atoms with Crippen LogP contribution in [0.25, 0.3) is 10.9 Å². The molecule has 1 saturated heterocycles. The molecule has 4 rings (SSSR count). The molecule has 5 nitrogen and oxygen atoms in total. The van der Waals surface area contributed by atoms with Crippen molar-refractivity contribution in [2.24, 2.45) is 0 Å². The first-order chi connectivity index (χ1) is 12.4. The van der Waals surface area contributed by atoms with Crippen LogP contribution in [0, 0.1) is 0 Å². The van der Waals surface area contributed by atoms with Gasteiger partial charge in [0.25, 0.3) is 0 Å². The summed E-state index contributed by atoms with van der Waals surface area (Å²) in [5.41, 5.74) is 2.11. The molecule has 0 amide bonds. The van der Waals surface area contributed by atoms with Crippen LogP contribution in [0.15, 0.2) is 48.8 Å². The summed E-state index contributed by atoms with van der Waals surface area (Å²) >= 11 is 0. The third kappa shape index (κ3) is 3.71. The molecule has 0 atom stereocenters. The summed E-state index contributed by atoms with van der Waals surface area (Å²) in [6.07, 6.45) is 8.74. The van der Waals surface area contributed by atoms with Crippen molar-refractivity contribution in [2.75, 3.05) is 23.3 Å². The van der Waals surface area contributed by atoms with E-state index in [0.717, 1.165) is 35.4 Å². The Labute approximate surface area is 148 Å². The minimum atomic E-state index is 0.672. The fraction of sp³-hybridized carbons (Fsp3) is 0.350. The molecule has 0 radical (unpaired) electrons. The molecule has 0 spiro atoms. The molecule has 1 aliphatic rings. The number of nitrogens with one attached hydrogen (secondary N) is 1. The highest BCUT2D eigenvalue weighted by Gasteiger charge is 2.16. The Kier molecular flexibility index (Phi) is 4.72. The van der Waals surface area contributed by atoms with Gasteiger partial charge in [0, 0.05) is 37.4 Å². The predicted molar refractivity (Wildman–Crippen MR) is 102 cm³/mol. The van der Waals surface area contributed by atoms with E-state index in [4.69, 9.17) is 9.97 Å². The van der Waals surface area contributed by atoms with Gasteiger partial charge in [-0.25, -0.2) is 4.98 Å². The van der Waals surface area contributed by atoms with Crippen molar-refractivity contribution in [3.8, 4) is 0 Å². The summed E-state index contributed by atoms with van der Waals surface area (Å²) in [6.45, 7) is 2.82. The van der Waals surface area contributed by atoms with E-state index in [2.05, 4.69) is 39.5 Å². The van der Waals surface area contributed by atoms with E-state index < -0.39 is 0 Å². The van der Waals surface area contributed by atoms with Gasteiger partial charge in [0.05, 0.1) is 5.52 Å². The molecule has 1 aliphatic heterocycles. The molecule has 25 heavy (non-hydrogen) atoms. The van der Waals surface area contributed by atoms with E-state index in [0.29, 0.717) is 12.5 Å². The maximum absolute atomic E-state index is 4.86. The number of pyridine rings is 1. The van der Waals surface area contributed by atoms with Crippen LogP contribution in [-0.4, -0.2) is 28.0 Å². The van der Waals surface area contributed by atoms with Crippen LogP contribution in [0.3, 0.4) is 0 Å². The van der Waals surface area contributed by atoms with Crippen LogP contribution in [0.4, 0.5) is 11.8 Å². The molecule has 1 aromatic carbocycles. The first-order valence-electron chi connectivity index (χ1n) is 9.05. The van der Waals surface area contributed by atoms with Gasteiger partial charge < -0.3 is 10.2 Å². The highest BCUT2D eigenvalue weighted by molar-refractivity contribution is 5.90. The number of benzene rings is 1. The minimum Gasteiger partial charge on any atom is -0.356 e. The van der Waals surface area contributed by atoms with Gasteiger partial charge in [-0.15, -0.1) is 0 Å². The van der Waals surface area contributed by atoms with Crippen molar-refractivity contribution in [3.05, 3.63) is 54.4 Å². The van der Waals surface area contributed by atoms with Gasteiger partial charge in [0.15, 0.2) is 0 Å². The van der Waals surface area contributed by atoms with Gasteiger partial charge in [-0.3, -0.25) is 4.98 Å². The van der Waals surface area contributed by atoms with Gasteiger partial charge in [0.2, 0.25) is 5.95 Å². The number of aromatic nitrogens is 3. The van der Waals surface area contributed by atoms with Crippen molar-refractivity contribution in [1.29, 1.82) is 0 Å². The summed E-state index contributed by atoms with van der Waals surface area (Å²) in [7, 11) is 0. The highest BCUT2D eigenvalue weighted by Crippen LogP contribution is 2.27. The summed E-state index contributed by atoms with van der Waals surface area (Å²) in [5, 5.41) is 4.49. The largest absolute Gasteiger partial charge is 0.356 e. The van der Waals surface area contributed by atoms with E-state index in [1.807, 2.05) is 18.3 Å². The van der Waals surface area contributed by atoms with Gasteiger partial charge in [0.1, 0.15) is 5.82 Å². The molecule has 1 fully saturated rings. The van der Waals surface area contributed by atoms with Crippen LogP contribution in [0.2, 0.25) is 0 Å². The van der Waals surface area contributed by atoms with E-state index in [9.17, 15) is 0 Å². The third-order valence-corrected chi connectivity index (χ3v) is 4.66. The van der Waals surface area contributed by atoms with Crippen molar-refractivity contribution >= 4 is 22.7 Å². The summed E-state index contributed by atoms with van der Waals surface area (Å²) in [5.74, 6) is 1.74. The smallest absolute Gasteiger partial charge is 0.225 e. The Morgan fingerprint density at radius 1 is 0.920 bits per heavy atom. The van der Waals surface area contributed by atoms with Crippen molar-refractivity contribution in [1.82, 2.24) is 15.0 Å². The zero-order chi connectivity index (χ0) is 16.9. The lowest BCUT2D eigenvalue weighted by Gasteiger charge is -2.23. The average molecular weight is 333 g/mol. The van der Waals surface area contributed by atoms with Crippen LogP contribution in [0.1, 0.15) is 31.2 Å². The average Bonchev–Trinajstić information content (AvgIpc) is 2.96. The molecule has 1 N–H and O–H groups in total. The van der Waals surface area contributed by atoms with E-state index >= 15 is 0 Å². The molecule has 128 valence electrons. The topological polar surface area (TPSA) is 53.9 Å². The van der Waals surface area contributed by atoms with Crippen molar-refractivity contribution in [3.63, 3.8) is 0 Å². The molecule has 0 unspecified atom stereocenters. The Hall–Kier alpha value is -2.69. The molecule has 0 aliphatic carbocycles. The zero-order valence-corrected chi connectivity index (χ0v) is 14.4. The molecule has 3 heterocycles. The van der Waals surface area contributed by atoms with Gasteiger partial charge in [-0.05, 0) is 36.6 Å². The maximum Gasteiger partial charge on any atom is 0.225 e. The van der Waals surface area contributed by atoms with Crippen LogP contribution in [0.5, 0.6) is 0 Å². The molecule has 0 bridgehead atoms. The fourth-order valence-corrected chi connectivity index (χ4v) is 3.35. The quantitative estimate of drug-likeness (QED) is 0.781. The Balaban J connectivity index is 1.65. The summed E-state index contributed by atoms with van der Waals surface area (Å²) in [6, 6.07) is 12.3. The molecular weight excluding hydrogens is 310 g/mol. The summed E-state index contributed by atoms with van der Waals surface area (Å²) < 4.78 is 0. The van der Waals surface area contributed by atoms with Gasteiger partial charge in [-0.2, -0.15) is 4.98 Å². The van der Waals surface area contributed by atoms with Crippen molar-refractivity contribution in [2.45, 2.75) is 32.2 Å². The Morgan fingerprint density at radius 3 is 2.56 bits per heavy atom. The molecule has 0 saturated carbocycles. The summed E-state index contributed by atoms with van der Waals surface area (Å²) in [4.78, 5) is 16.1. The number of hydrogen-bond donors (Lipinski definition) is 1. The zero-order valence-electron chi connectivity index (χ0n) is 14.4. The number of anilines is 2. The van der Waals surface area contributed by atoms with Crippen LogP contribution in [-0.2, 0) is 6.54 Å².